The number of hydrogen-bond acceptors (Lipinski definition) is 5. The fourth-order valence-corrected chi connectivity index (χ4v) is 6.42. The number of carbonyl (C=O) groups is 1. The zero-order valence-corrected chi connectivity index (χ0v) is 21.3. The molecule has 0 bridgehead atoms. The molecule has 3 aromatic rings. The lowest BCUT2D eigenvalue weighted by Gasteiger charge is -2.61. The van der Waals surface area contributed by atoms with Crippen LogP contribution >= 0.6 is 0 Å². The smallest absolute Gasteiger partial charge is 0.342 e. The third kappa shape index (κ3) is 2.91. The van der Waals surface area contributed by atoms with E-state index in [0.717, 1.165) is 33.4 Å². The van der Waals surface area contributed by atoms with Crippen LogP contribution in [0.5, 0.6) is 0 Å². The Hall–Kier alpha value is -3.25. The number of ether oxygens (including phenoxy) is 2. The van der Waals surface area contributed by atoms with Crippen LogP contribution in [0.2, 0.25) is 0 Å². The standard InChI is InChI=1S/C31H30O5/c1-28(2,3)31-29(4,5)19-34-30(31,35-36-31)21-15-16-24-22-13-9-10-14-23(22)26(25(24)17-21)18-33-27(32)20-11-7-6-8-12-20/h6-18H,19H2,1-5H3/b26-18+. The zero-order chi connectivity index (χ0) is 25.3. The predicted molar refractivity (Wildman–Crippen MR) is 137 cm³/mol. The zero-order valence-electron chi connectivity index (χ0n) is 21.3. The Kier molecular flexibility index (Phi) is 4.91. The number of fused-ring (bicyclic) bond motifs is 4. The molecule has 2 saturated heterocycles. The Morgan fingerprint density at radius 3 is 2.19 bits per heavy atom. The first kappa shape index (κ1) is 23.2. The van der Waals surface area contributed by atoms with Crippen LogP contribution in [0.3, 0.4) is 0 Å². The predicted octanol–water partition coefficient (Wildman–Crippen LogP) is 6.87. The molecule has 36 heavy (non-hydrogen) atoms. The lowest BCUT2D eigenvalue weighted by Crippen LogP contribution is -2.73. The van der Waals surface area contributed by atoms with Gasteiger partial charge < -0.3 is 9.47 Å². The summed E-state index contributed by atoms with van der Waals surface area (Å²) < 4.78 is 12.1. The molecule has 2 heterocycles. The molecule has 2 aliphatic heterocycles. The van der Waals surface area contributed by atoms with E-state index < -0.39 is 17.4 Å². The van der Waals surface area contributed by atoms with Crippen molar-refractivity contribution in [3.05, 3.63) is 101 Å². The van der Waals surface area contributed by atoms with E-state index in [1.807, 2.05) is 36.4 Å². The van der Waals surface area contributed by atoms with Gasteiger partial charge in [0.25, 0.3) is 5.79 Å². The van der Waals surface area contributed by atoms with E-state index in [-0.39, 0.29) is 10.8 Å². The van der Waals surface area contributed by atoms with Crippen molar-refractivity contribution in [2.24, 2.45) is 10.8 Å². The minimum Gasteiger partial charge on any atom is -0.430 e. The number of carbonyl (C=O) groups excluding carboxylic acids is 1. The van der Waals surface area contributed by atoms with Gasteiger partial charge in [0.15, 0.2) is 5.60 Å². The Labute approximate surface area is 211 Å². The molecule has 0 spiro atoms. The van der Waals surface area contributed by atoms with Crippen molar-refractivity contribution < 1.29 is 24.0 Å². The molecule has 5 heteroatoms. The SMILES string of the molecule is CC(C)(C)C12OOC1(c1ccc3c(c1)/C(=C/OC(=O)c1ccccc1)c1ccccc1-3)OCC2(C)C. The molecule has 0 aromatic heterocycles. The molecule has 184 valence electrons. The van der Waals surface area contributed by atoms with Crippen LogP contribution in [-0.2, 0) is 25.0 Å². The van der Waals surface area contributed by atoms with Gasteiger partial charge in [0.2, 0.25) is 0 Å². The summed E-state index contributed by atoms with van der Waals surface area (Å²) in [6.45, 7) is 11.3. The van der Waals surface area contributed by atoms with Gasteiger partial charge in [-0.1, -0.05) is 89.2 Å². The van der Waals surface area contributed by atoms with E-state index in [2.05, 4.69) is 58.9 Å². The minimum atomic E-state index is -1.02. The average molecular weight is 483 g/mol. The summed E-state index contributed by atoms with van der Waals surface area (Å²) in [5.74, 6) is -1.42. The van der Waals surface area contributed by atoms with Crippen LogP contribution in [-0.4, -0.2) is 18.2 Å². The maximum Gasteiger partial charge on any atom is 0.342 e. The first-order valence-corrected chi connectivity index (χ1v) is 12.3. The molecule has 2 atom stereocenters. The summed E-state index contributed by atoms with van der Waals surface area (Å²) in [4.78, 5) is 24.6. The topological polar surface area (TPSA) is 54.0 Å². The number of benzene rings is 3. The van der Waals surface area contributed by atoms with Gasteiger partial charge in [0.05, 0.1) is 12.2 Å². The molecule has 0 radical (unpaired) electrons. The first-order chi connectivity index (χ1) is 17.1. The Morgan fingerprint density at radius 2 is 1.53 bits per heavy atom. The highest BCUT2D eigenvalue weighted by atomic mass is 17.3. The largest absolute Gasteiger partial charge is 0.430 e. The quantitative estimate of drug-likeness (QED) is 0.181. The van der Waals surface area contributed by atoms with Gasteiger partial charge in [-0.15, -0.1) is 0 Å². The molecule has 0 saturated carbocycles. The van der Waals surface area contributed by atoms with Gasteiger partial charge in [0, 0.05) is 22.0 Å². The maximum absolute atomic E-state index is 12.7. The van der Waals surface area contributed by atoms with Crippen molar-refractivity contribution in [1.82, 2.24) is 0 Å². The normalized spacial score (nSPS) is 26.6. The summed E-state index contributed by atoms with van der Waals surface area (Å²) in [6.07, 6.45) is 1.57. The lowest BCUT2D eigenvalue weighted by atomic mass is 9.57. The molecule has 5 nitrogen and oxygen atoms in total. The highest BCUT2D eigenvalue weighted by Gasteiger charge is 2.81. The fourth-order valence-electron chi connectivity index (χ4n) is 6.42. The Bertz CT molecular complexity index is 1400. The van der Waals surface area contributed by atoms with Crippen molar-refractivity contribution in [1.29, 1.82) is 0 Å². The molecule has 0 amide bonds. The van der Waals surface area contributed by atoms with Crippen molar-refractivity contribution in [3.63, 3.8) is 0 Å². The van der Waals surface area contributed by atoms with E-state index in [1.54, 1.807) is 18.4 Å². The molecule has 0 N–H and O–H groups in total. The summed E-state index contributed by atoms with van der Waals surface area (Å²) in [5.41, 5.74) is 5.21. The second-order valence-electron chi connectivity index (χ2n) is 11.5. The highest BCUT2D eigenvalue weighted by Crippen LogP contribution is 2.69. The minimum absolute atomic E-state index is 0.253. The van der Waals surface area contributed by atoms with E-state index in [9.17, 15) is 4.79 Å². The summed E-state index contributed by atoms with van der Waals surface area (Å²) in [7, 11) is 0. The molecule has 6 rings (SSSR count). The lowest BCUT2D eigenvalue weighted by molar-refractivity contribution is -0.626. The van der Waals surface area contributed by atoms with Gasteiger partial charge in [-0.3, -0.25) is 0 Å². The monoisotopic (exact) mass is 482 g/mol. The van der Waals surface area contributed by atoms with Crippen molar-refractivity contribution in [2.45, 2.75) is 46.0 Å². The highest BCUT2D eigenvalue weighted by molar-refractivity contribution is 6.01. The van der Waals surface area contributed by atoms with E-state index >= 15 is 0 Å². The molecule has 1 aliphatic carbocycles. The maximum atomic E-state index is 12.7. The van der Waals surface area contributed by atoms with E-state index in [4.69, 9.17) is 19.2 Å². The molecular formula is C31H30O5. The first-order valence-electron chi connectivity index (χ1n) is 12.3. The molecule has 3 aromatic carbocycles. The Balaban J connectivity index is 1.46. The van der Waals surface area contributed by atoms with Gasteiger partial charge in [-0.05, 0) is 40.5 Å². The second-order valence-corrected chi connectivity index (χ2v) is 11.5. The summed E-state index contributed by atoms with van der Waals surface area (Å²) in [6, 6.07) is 23.4. The van der Waals surface area contributed by atoms with Gasteiger partial charge >= 0.3 is 5.97 Å². The molecule has 2 unspecified atom stereocenters. The van der Waals surface area contributed by atoms with Crippen LogP contribution < -0.4 is 0 Å². The van der Waals surface area contributed by atoms with E-state index in [0.29, 0.717) is 12.2 Å². The fraction of sp³-hybridized carbons (Fsp3) is 0.323. The Morgan fingerprint density at radius 1 is 0.861 bits per heavy atom. The second kappa shape index (κ2) is 7.62. The number of hydrogen-bond donors (Lipinski definition) is 0. The van der Waals surface area contributed by atoms with E-state index in [1.165, 1.54) is 0 Å². The number of esters is 1. The van der Waals surface area contributed by atoms with Crippen molar-refractivity contribution in [2.75, 3.05) is 6.61 Å². The van der Waals surface area contributed by atoms with Gasteiger partial charge in [-0.25, -0.2) is 9.68 Å². The van der Waals surface area contributed by atoms with Crippen LogP contribution in [0.1, 0.15) is 61.7 Å². The molecular weight excluding hydrogens is 452 g/mol. The van der Waals surface area contributed by atoms with Crippen molar-refractivity contribution in [3.8, 4) is 11.1 Å². The van der Waals surface area contributed by atoms with Crippen LogP contribution in [0.4, 0.5) is 0 Å². The molecule has 2 fully saturated rings. The van der Waals surface area contributed by atoms with Gasteiger partial charge in [-0.2, -0.15) is 4.89 Å². The van der Waals surface area contributed by atoms with Crippen molar-refractivity contribution >= 4 is 11.5 Å². The average Bonchev–Trinajstić information content (AvgIpc) is 3.23. The summed E-state index contributed by atoms with van der Waals surface area (Å²) >= 11 is 0. The van der Waals surface area contributed by atoms with Crippen LogP contribution in [0.15, 0.2) is 79.1 Å². The third-order valence-corrected chi connectivity index (χ3v) is 7.88. The third-order valence-electron chi connectivity index (χ3n) is 7.88. The van der Waals surface area contributed by atoms with Crippen LogP contribution in [0, 0.1) is 10.8 Å². The van der Waals surface area contributed by atoms with Crippen LogP contribution in [0.25, 0.3) is 16.7 Å². The van der Waals surface area contributed by atoms with Gasteiger partial charge in [0.1, 0.15) is 6.26 Å². The number of rotatable bonds is 3. The molecule has 3 aliphatic rings. The summed E-state index contributed by atoms with van der Waals surface area (Å²) in [5, 5.41) is 0.